The number of carboxylic acids is 1. The Morgan fingerprint density at radius 3 is 2.94 bits per heavy atom. The minimum Gasteiger partial charge on any atom is -0.481 e. The molecule has 2 aromatic rings. The monoisotopic (exact) mass is 295 g/mol. The zero-order valence-electron chi connectivity index (χ0n) is 9.09. The summed E-state index contributed by atoms with van der Waals surface area (Å²) in [7, 11) is 1.73. The number of aliphatic carboxylic acids is 1. The lowest BCUT2D eigenvalue weighted by Crippen LogP contribution is -2.06. The Labute approximate surface area is 106 Å². The Morgan fingerprint density at radius 1 is 1.59 bits per heavy atom. The summed E-state index contributed by atoms with van der Waals surface area (Å²) in [4.78, 5) is 14.8. The molecule has 2 aromatic heterocycles. The third kappa shape index (κ3) is 2.36. The van der Waals surface area contributed by atoms with Crippen molar-refractivity contribution in [3.63, 3.8) is 0 Å². The molecule has 5 nitrogen and oxygen atoms in total. The fourth-order valence-electron chi connectivity index (χ4n) is 1.56. The molecule has 0 unspecified atom stereocenters. The van der Waals surface area contributed by atoms with E-state index in [2.05, 4.69) is 26.0 Å². The number of hydrogen-bond acceptors (Lipinski definition) is 3. The van der Waals surface area contributed by atoms with Crippen molar-refractivity contribution in [1.29, 1.82) is 0 Å². The minimum absolute atomic E-state index is 0.0651. The molecule has 0 aromatic carbocycles. The quantitative estimate of drug-likeness (QED) is 0.939. The molecule has 2 rings (SSSR count). The molecule has 0 amide bonds. The largest absolute Gasteiger partial charge is 0.481 e. The lowest BCUT2D eigenvalue weighted by Gasteiger charge is -1.97. The van der Waals surface area contributed by atoms with Gasteiger partial charge in [-0.3, -0.25) is 14.5 Å². The van der Waals surface area contributed by atoms with Crippen LogP contribution in [-0.2, 0) is 18.3 Å². The van der Waals surface area contributed by atoms with Crippen molar-refractivity contribution >= 4 is 21.9 Å². The Balaban J connectivity index is 2.48. The second-order valence-electron chi connectivity index (χ2n) is 3.55. The van der Waals surface area contributed by atoms with Gasteiger partial charge < -0.3 is 5.11 Å². The Hall–Kier alpha value is -1.69. The molecule has 0 aliphatic heterocycles. The van der Waals surface area contributed by atoms with Gasteiger partial charge in [0.15, 0.2) is 0 Å². The van der Waals surface area contributed by atoms with Crippen LogP contribution in [0.5, 0.6) is 0 Å². The predicted octanol–water partition coefficient (Wildman–Crippen LogP) is 1.87. The van der Waals surface area contributed by atoms with Crippen LogP contribution in [0.2, 0.25) is 0 Å². The highest BCUT2D eigenvalue weighted by Gasteiger charge is 2.17. The average molecular weight is 296 g/mol. The second kappa shape index (κ2) is 4.67. The molecule has 0 saturated carbocycles. The number of hydrogen-bond donors (Lipinski definition) is 1. The van der Waals surface area contributed by atoms with Gasteiger partial charge in [0.2, 0.25) is 0 Å². The van der Waals surface area contributed by atoms with E-state index in [9.17, 15) is 4.79 Å². The normalized spacial score (nSPS) is 10.5. The second-order valence-corrected chi connectivity index (χ2v) is 4.34. The Kier molecular flexibility index (Phi) is 3.23. The molecule has 0 atom stereocenters. The molecule has 0 fully saturated rings. The number of pyridine rings is 1. The van der Waals surface area contributed by atoms with E-state index >= 15 is 0 Å². The smallest absolute Gasteiger partial charge is 0.309 e. The van der Waals surface area contributed by atoms with E-state index in [1.54, 1.807) is 24.1 Å². The zero-order valence-corrected chi connectivity index (χ0v) is 10.7. The molecule has 17 heavy (non-hydrogen) atoms. The molecule has 0 radical (unpaired) electrons. The van der Waals surface area contributed by atoms with Crippen molar-refractivity contribution in [3.05, 3.63) is 34.7 Å². The number of carboxylic acid groups (broad SMARTS) is 1. The van der Waals surface area contributed by atoms with Crippen LogP contribution in [0.4, 0.5) is 0 Å². The van der Waals surface area contributed by atoms with E-state index in [0.717, 1.165) is 5.56 Å². The first kappa shape index (κ1) is 11.8. The van der Waals surface area contributed by atoms with Crippen LogP contribution in [0, 0.1) is 0 Å². The summed E-state index contributed by atoms with van der Waals surface area (Å²) in [6, 6.07) is 3.69. The summed E-state index contributed by atoms with van der Waals surface area (Å²) >= 11 is 3.39. The van der Waals surface area contributed by atoms with Gasteiger partial charge in [0.05, 0.1) is 16.6 Å². The van der Waals surface area contributed by atoms with E-state index < -0.39 is 5.97 Å². The van der Waals surface area contributed by atoms with Crippen molar-refractivity contribution < 1.29 is 9.90 Å². The number of rotatable bonds is 3. The Morgan fingerprint density at radius 2 is 2.35 bits per heavy atom. The summed E-state index contributed by atoms with van der Waals surface area (Å²) in [5.41, 5.74) is 2.19. The first-order chi connectivity index (χ1) is 8.09. The highest BCUT2D eigenvalue weighted by Crippen LogP contribution is 2.29. The van der Waals surface area contributed by atoms with Crippen molar-refractivity contribution in [3.8, 4) is 11.3 Å². The topological polar surface area (TPSA) is 68.0 Å². The minimum atomic E-state index is -0.883. The van der Waals surface area contributed by atoms with Gasteiger partial charge in [-0.05, 0) is 28.1 Å². The van der Waals surface area contributed by atoms with E-state index in [-0.39, 0.29) is 6.42 Å². The first-order valence-corrected chi connectivity index (χ1v) is 5.72. The van der Waals surface area contributed by atoms with E-state index in [1.807, 2.05) is 12.1 Å². The summed E-state index contributed by atoms with van der Waals surface area (Å²) in [5.74, 6) is -0.883. The van der Waals surface area contributed by atoms with Gasteiger partial charge in [-0.25, -0.2) is 0 Å². The molecular formula is C11H10BrN3O2. The fourth-order valence-corrected chi connectivity index (χ4v) is 2.26. The number of nitrogens with zero attached hydrogens (tertiary/aromatic N) is 3. The van der Waals surface area contributed by atoms with E-state index in [0.29, 0.717) is 15.9 Å². The summed E-state index contributed by atoms with van der Waals surface area (Å²) in [5, 5.41) is 13.1. The standard InChI is InChI=1S/C11H10BrN3O2/c1-15-8(5-9(16)17)10(12)11(14-15)7-3-2-4-13-6-7/h2-4,6H,5H2,1H3,(H,16,17). The van der Waals surface area contributed by atoms with Crippen LogP contribution in [-0.4, -0.2) is 25.8 Å². The van der Waals surface area contributed by atoms with Gasteiger partial charge >= 0.3 is 5.97 Å². The van der Waals surface area contributed by atoms with Crippen LogP contribution in [0.15, 0.2) is 29.0 Å². The Bertz CT molecular complexity index is 551. The average Bonchev–Trinajstić information content (AvgIpc) is 2.58. The molecule has 0 bridgehead atoms. The maximum Gasteiger partial charge on any atom is 0.309 e. The number of aromatic nitrogens is 3. The highest BCUT2D eigenvalue weighted by atomic mass is 79.9. The van der Waals surface area contributed by atoms with Crippen LogP contribution >= 0.6 is 15.9 Å². The molecule has 0 saturated heterocycles. The molecule has 2 heterocycles. The SMILES string of the molecule is Cn1nc(-c2cccnc2)c(Br)c1CC(=O)O. The highest BCUT2D eigenvalue weighted by molar-refractivity contribution is 9.10. The van der Waals surface area contributed by atoms with E-state index in [1.165, 1.54) is 0 Å². The number of halogens is 1. The van der Waals surface area contributed by atoms with Crippen LogP contribution < -0.4 is 0 Å². The molecule has 0 spiro atoms. The van der Waals surface area contributed by atoms with Crippen LogP contribution in [0.1, 0.15) is 5.69 Å². The molecular weight excluding hydrogens is 286 g/mol. The third-order valence-electron chi connectivity index (χ3n) is 2.36. The fraction of sp³-hybridized carbons (Fsp3) is 0.182. The summed E-state index contributed by atoms with van der Waals surface area (Å²) in [6.45, 7) is 0. The first-order valence-electron chi connectivity index (χ1n) is 4.93. The lowest BCUT2D eigenvalue weighted by atomic mass is 10.2. The predicted molar refractivity (Wildman–Crippen MR) is 65.5 cm³/mol. The summed E-state index contributed by atoms with van der Waals surface area (Å²) in [6.07, 6.45) is 3.31. The van der Waals surface area contributed by atoms with Crippen LogP contribution in [0.3, 0.4) is 0 Å². The maximum atomic E-state index is 10.7. The van der Waals surface area contributed by atoms with Gasteiger partial charge in [-0.2, -0.15) is 5.10 Å². The molecule has 88 valence electrons. The maximum absolute atomic E-state index is 10.7. The van der Waals surface area contributed by atoms with Crippen molar-refractivity contribution in [2.75, 3.05) is 0 Å². The van der Waals surface area contributed by atoms with Gasteiger partial charge in [0.1, 0.15) is 5.69 Å². The van der Waals surface area contributed by atoms with E-state index in [4.69, 9.17) is 5.11 Å². The zero-order chi connectivity index (χ0) is 12.4. The van der Waals surface area contributed by atoms with Crippen molar-refractivity contribution in [2.45, 2.75) is 6.42 Å². The summed E-state index contributed by atoms with van der Waals surface area (Å²) < 4.78 is 2.27. The number of carbonyl (C=O) groups is 1. The van der Waals surface area contributed by atoms with Gasteiger partial charge in [0.25, 0.3) is 0 Å². The van der Waals surface area contributed by atoms with Crippen LogP contribution in [0.25, 0.3) is 11.3 Å². The number of aryl methyl sites for hydroxylation is 1. The molecule has 0 aliphatic rings. The lowest BCUT2D eigenvalue weighted by molar-refractivity contribution is -0.136. The van der Waals surface area contributed by atoms with Gasteiger partial charge in [0, 0.05) is 25.0 Å². The molecule has 1 N–H and O–H groups in total. The molecule has 0 aliphatic carbocycles. The van der Waals surface area contributed by atoms with Gasteiger partial charge in [-0.1, -0.05) is 0 Å². The van der Waals surface area contributed by atoms with Crippen molar-refractivity contribution in [2.24, 2.45) is 7.05 Å². The van der Waals surface area contributed by atoms with Gasteiger partial charge in [-0.15, -0.1) is 0 Å². The third-order valence-corrected chi connectivity index (χ3v) is 3.19. The molecule has 6 heteroatoms. The van der Waals surface area contributed by atoms with Crippen molar-refractivity contribution in [1.82, 2.24) is 14.8 Å².